The molecular formula is C20H17F3N2O5S2. The maximum absolute atomic E-state index is 13.1. The standard InChI is InChI=1S/C20H17F3N2O5S2/c1-2-12-17(11-6-4-3-5-7-11)19(12,18(26)27)25-32(28,29)16-9-8-14(31-16)13-10-15(30-24-13)20(21,22)23/h3-10,12,17,25H,2H2,1H3,(H,26,27)/t12?,17-,19-/m1/s1. The molecule has 1 aliphatic carbocycles. The van der Waals surface area contributed by atoms with E-state index >= 15 is 0 Å². The summed E-state index contributed by atoms with van der Waals surface area (Å²) in [5, 5.41) is 13.3. The summed E-state index contributed by atoms with van der Waals surface area (Å²) in [4.78, 5) is 12.4. The predicted octanol–water partition coefficient (Wildman–Crippen LogP) is 4.35. The van der Waals surface area contributed by atoms with Gasteiger partial charge < -0.3 is 9.63 Å². The number of carboxylic acids is 1. The summed E-state index contributed by atoms with van der Waals surface area (Å²) < 4.78 is 70.7. The van der Waals surface area contributed by atoms with Crippen LogP contribution < -0.4 is 4.72 Å². The van der Waals surface area contributed by atoms with Gasteiger partial charge in [0.15, 0.2) is 0 Å². The van der Waals surface area contributed by atoms with Crippen LogP contribution in [0.15, 0.2) is 57.3 Å². The topological polar surface area (TPSA) is 110 Å². The van der Waals surface area contributed by atoms with Crippen molar-refractivity contribution in [3.05, 3.63) is 59.9 Å². The van der Waals surface area contributed by atoms with E-state index in [-0.39, 0.29) is 14.8 Å². The van der Waals surface area contributed by atoms with Crippen LogP contribution in [0.25, 0.3) is 10.6 Å². The number of carbonyl (C=O) groups is 1. The van der Waals surface area contributed by atoms with Crippen LogP contribution in [-0.2, 0) is 21.0 Å². The van der Waals surface area contributed by atoms with Gasteiger partial charge in [-0.3, -0.25) is 4.79 Å². The van der Waals surface area contributed by atoms with E-state index in [9.17, 15) is 31.5 Å². The number of sulfonamides is 1. The number of nitrogens with zero attached hydrogens (tertiary/aromatic N) is 1. The Morgan fingerprint density at radius 2 is 1.94 bits per heavy atom. The maximum Gasteiger partial charge on any atom is 0.452 e. The van der Waals surface area contributed by atoms with Gasteiger partial charge in [-0.1, -0.05) is 48.8 Å². The first-order valence-electron chi connectivity index (χ1n) is 9.47. The first kappa shape index (κ1) is 22.5. The molecular weight excluding hydrogens is 469 g/mol. The maximum atomic E-state index is 13.1. The molecule has 2 aromatic heterocycles. The number of aromatic nitrogens is 1. The van der Waals surface area contributed by atoms with Crippen LogP contribution in [0, 0.1) is 5.92 Å². The second kappa shape index (κ2) is 7.71. The summed E-state index contributed by atoms with van der Waals surface area (Å²) in [5.74, 6) is -3.60. The van der Waals surface area contributed by atoms with Crippen molar-refractivity contribution in [3.8, 4) is 10.6 Å². The molecule has 3 aromatic rings. The average Bonchev–Trinajstić information content (AvgIpc) is 3.13. The van der Waals surface area contributed by atoms with E-state index in [0.717, 1.165) is 0 Å². The van der Waals surface area contributed by atoms with Crippen molar-refractivity contribution < 1.29 is 36.0 Å². The highest BCUT2D eigenvalue weighted by molar-refractivity contribution is 7.91. The van der Waals surface area contributed by atoms with Gasteiger partial charge in [-0.2, -0.15) is 17.9 Å². The number of halogens is 3. The Morgan fingerprint density at radius 3 is 2.50 bits per heavy atom. The molecule has 32 heavy (non-hydrogen) atoms. The number of thiophene rings is 1. The Labute approximate surface area is 184 Å². The Balaban J connectivity index is 1.64. The van der Waals surface area contributed by atoms with Crippen LogP contribution in [0.4, 0.5) is 13.2 Å². The Hall–Kier alpha value is -2.70. The molecule has 0 aliphatic heterocycles. The highest BCUT2D eigenvalue weighted by Crippen LogP contribution is 2.60. The number of rotatable bonds is 7. The fraction of sp³-hybridized carbons (Fsp3) is 0.300. The minimum Gasteiger partial charge on any atom is -0.480 e. The molecule has 3 atom stereocenters. The van der Waals surface area contributed by atoms with Gasteiger partial charge in [0, 0.05) is 12.0 Å². The molecule has 2 N–H and O–H groups in total. The van der Waals surface area contributed by atoms with E-state index in [1.54, 1.807) is 37.3 Å². The Morgan fingerprint density at radius 1 is 1.25 bits per heavy atom. The van der Waals surface area contributed by atoms with Crippen molar-refractivity contribution in [1.29, 1.82) is 0 Å². The van der Waals surface area contributed by atoms with E-state index in [4.69, 9.17) is 0 Å². The molecule has 1 saturated carbocycles. The third-order valence-electron chi connectivity index (χ3n) is 5.51. The van der Waals surface area contributed by atoms with Crippen LogP contribution in [0.1, 0.15) is 30.6 Å². The van der Waals surface area contributed by atoms with Crippen molar-refractivity contribution in [1.82, 2.24) is 9.88 Å². The summed E-state index contributed by atoms with van der Waals surface area (Å²) >= 11 is 0.670. The molecule has 0 saturated heterocycles. The SMILES string of the molecule is CCC1[C@@H](c2ccccc2)[C@@]1(NS(=O)(=O)c1ccc(-c2cc(C(F)(F)F)on2)s1)C(=O)O. The number of benzene rings is 1. The number of hydrogen-bond acceptors (Lipinski definition) is 6. The lowest BCUT2D eigenvalue weighted by Crippen LogP contribution is -2.45. The lowest BCUT2D eigenvalue weighted by molar-refractivity contribution is -0.155. The monoisotopic (exact) mass is 486 g/mol. The molecule has 170 valence electrons. The summed E-state index contributed by atoms with van der Waals surface area (Å²) in [5.41, 5.74) is -1.17. The van der Waals surface area contributed by atoms with E-state index < -0.39 is 45.3 Å². The predicted molar refractivity (Wildman–Crippen MR) is 108 cm³/mol. The van der Waals surface area contributed by atoms with Gasteiger partial charge >= 0.3 is 12.1 Å². The second-order valence-corrected chi connectivity index (χ2v) is 10.4. The highest BCUT2D eigenvalue weighted by atomic mass is 32.2. The molecule has 7 nitrogen and oxygen atoms in total. The van der Waals surface area contributed by atoms with Crippen LogP contribution in [0.2, 0.25) is 0 Å². The highest BCUT2D eigenvalue weighted by Gasteiger charge is 2.71. The van der Waals surface area contributed by atoms with Crippen molar-refractivity contribution >= 4 is 27.3 Å². The summed E-state index contributed by atoms with van der Waals surface area (Å²) in [7, 11) is -4.29. The second-order valence-electron chi connectivity index (χ2n) is 7.38. The third kappa shape index (κ3) is 3.71. The molecule has 2 heterocycles. The molecule has 4 rings (SSSR count). The summed E-state index contributed by atoms with van der Waals surface area (Å²) in [6, 6.07) is 11.9. The van der Waals surface area contributed by atoms with E-state index in [2.05, 4.69) is 14.4 Å². The summed E-state index contributed by atoms with van der Waals surface area (Å²) in [6.45, 7) is 1.78. The van der Waals surface area contributed by atoms with Crippen LogP contribution in [0.3, 0.4) is 0 Å². The van der Waals surface area contributed by atoms with Crippen LogP contribution >= 0.6 is 11.3 Å². The number of aliphatic carboxylic acids is 1. The van der Waals surface area contributed by atoms with Gasteiger partial charge in [0.05, 0.1) is 4.88 Å². The van der Waals surface area contributed by atoms with Crippen LogP contribution in [0.5, 0.6) is 0 Å². The van der Waals surface area contributed by atoms with Gasteiger partial charge in [-0.25, -0.2) is 8.42 Å². The Kier molecular flexibility index (Phi) is 5.42. The minimum absolute atomic E-state index is 0.136. The lowest BCUT2D eigenvalue weighted by Gasteiger charge is -2.15. The fourth-order valence-electron chi connectivity index (χ4n) is 4.05. The zero-order valence-corrected chi connectivity index (χ0v) is 18.1. The minimum atomic E-state index is -4.72. The van der Waals surface area contributed by atoms with E-state index in [1.807, 2.05) is 0 Å². The number of alkyl halides is 3. The molecule has 1 aromatic carbocycles. The van der Waals surface area contributed by atoms with Gasteiger partial charge in [-0.05, 0) is 23.6 Å². The third-order valence-corrected chi connectivity index (χ3v) is 8.60. The lowest BCUT2D eigenvalue weighted by atomic mass is 10.1. The number of carboxylic acid groups (broad SMARTS) is 1. The first-order chi connectivity index (χ1) is 15.0. The Bertz CT molecular complexity index is 1250. The molecule has 0 spiro atoms. The normalized spacial score (nSPS) is 23.2. The number of hydrogen-bond donors (Lipinski definition) is 2. The molecule has 1 unspecified atom stereocenters. The van der Waals surface area contributed by atoms with E-state index in [0.29, 0.717) is 29.4 Å². The first-order valence-corrected chi connectivity index (χ1v) is 11.8. The molecule has 1 aliphatic rings. The molecule has 0 radical (unpaired) electrons. The molecule has 0 amide bonds. The van der Waals surface area contributed by atoms with Crippen LogP contribution in [-0.4, -0.2) is 30.2 Å². The van der Waals surface area contributed by atoms with Crippen molar-refractivity contribution in [2.75, 3.05) is 0 Å². The van der Waals surface area contributed by atoms with E-state index in [1.165, 1.54) is 12.1 Å². The largest absolute Gasteiger partial charge is 0.480 e. The smallest absolute Gasteiger partial charge is 0.452 e. The zero-order chi connectivity index (χ0) is 23.3. The van der Waals surface area contributed by atoms with Gasteiger partial charge in [0.2, 0.25) is 5.76 Å². The molecule has 1 fully saturated rings. The molecule has 0 bridgehead atoms. The zero-order valence-electron chi connectivity index (χ0n) is 16.5. The van der Waals surface area contributed by atoms with Crippen molar-refractivity contribution in [3.63, 3.8) is 0 Å². The van der Waals surface area contributed by atoms with Gasteiger partial charge in [0.1, 0.15) is 15.4 Å². The average molecular weight is 486 g/mol. The fourth-order valence-corrected chi connectivity index (χ4v) is 6.73. The number of nitrogens with one attached hydrogen (secondary N) is 1. The quantitative estimate of drug-likeness (QED) is 0.514. The van der Waals surface area contributed by atoms with Gasteiger partial charge in [-0.15, -0.1) is 11.3 Å². The van der Waals surface area contributed by atoms with Crippen molar-refractivity contribution in [2.24, 2.45) is 5.92 Å². The summed E-state index contributed by atoms with van der Waals surface area (Å²) in [6.07, 6.45) is -4.29. The molecule has 12 heteroatoms. The van der Waals surface area contributed by atoms with Gasteiger partial charge in [0.25, 0.3) is 10.0 Å². The van der Waals surface area contributed by atoms with Crippen molar-refractivity contribution in [2.45, 2.75) is 35.2 Å².